The zero-order chi connectivity index (χ0) is 18.4. The Morgan fingerprint density at radius 1 is 1.24 bits per heavy atom. The maximum Gasteiger partial charge on any atom is 0.265 e. The molecule has 1 aliphatic rings. The second-order valence-electron chi connectivity index (χ2n) is 5.03. The molecule has 0 spiro atoms. The van der Waals surface area contributed by atoms with Gasteiger partial charge in [-0.3, -0.25) is 19.8 Å². The summed E-state index contributed by atoms with van der Waals surface area (Å²) in [6.07, 6.45) is 4.64. The molecule has 25 heavy (non-hydrogen) atoms. The van der Waals surface area contributed by atoms with Crippen LogP contribution in [-0.2, 0) is 9.59 Å². The first-order valence-corrected chi connectivity index (χ1v) is 7.84. The number of thiocarbonyl (C=S) groups is 1. The molecule has 7 heteroatoms. The fourth-order valence-corrected chi connectivity index (χ4v) is 2.45. The lowest BCUT2D eigenvalue weighted by molar-refractivity contribution is -0.128. The quantitative estimate of drug-likeness (QED) is 0.350. The van der Waals surface area contributed by atoms with Crippen molar-refractivity contribution in [3.8, 4) is 11.5 Å². The van der Waals surface area contributed by atoms with E-state index in [0.29, 0.717) is 23.7 Å². The van der Waals surface area contributed by atoms with Gasteiger partial charge in [-0.2, -0.15) is 0 Å². The topological polar surface area (TPSA) is 67.9 Å². The molecule has 1 aliphatic heterocycles. The number of hydrogen-bond acceptors (Lipinski definition) is 5. The van der Waals surface area contributed by atoms with Crippen LogP contribution >= 0.6 is 12.2 Å². The van der Waals surface area contributed by atoms with Gasteiger partial charge in [-0.1, -0.05) is 24.8 Å². The highest BCUT2D eigenvalue weighted by Crippen LogP contribution is 2.29. The number of carbonyl (C=O) groups is 2. The van der Waals surface area contributed by atoms with E-state index in [1.54, 1.807) is 24.3 Å². The Bertz CT molecular complexity index is 770. The number of nitrogens with one attached hydrogen (secondary N) is 1. The van der Waals surface area contributed by atoms with Crippen LogP contribution in [0.2, 0.25) is 0 Å². The van der Waals surface area contributed by atoms with Crippen molar-refractivity contribution in [2.45, 2.75) is 0 Å². The van der Waals surface area contributed by atoms with Gasteiger partial charge in [-0.15, -0.1) is 6.58 Å². The van der Waals surface area contributed by atoms with Crippen molar-refractivity contribution in [2.75, 3.05) is 20.3 Å². The molecule has 1 heterocycles. The molecule has 1 saturated heterocycles. The number of rotatable bonds is 7. The summed E-state index contributed by atoms with van der Waals surface area (Å²) in [4.78, 5) is 25.9. The molecule has 1 aromatic rings. The molecule has 0 saturated carbocycles. The van der Waals surface area contributed by atoms with Crippen LogP contribution in [0.1, 0.15) is 5.56 Å². The van der Waals surface area contributed by atoms with Crippen LogP contribution < -0.4 is 14.8 Å². The van der Waals surface area contributed by atoms with E-state index in [2.05, 4.69) is 18.5 Å². The first kappa shape index (κ1) is 18.4. The Hall–Kier alpha value is -2.93. The normalized spacial score (nSPS) is 15.8. The summed E-state index contributed by atoms with van der Waals surface area (Å²) in [5.74, 6) is 0.0117. The van der Waals surface area contributed by atoms with E-state index < -0.39 is 11.8 Å². The predicted molar refractivity (Wildman–Crippen MR) is 99.3 cm³/mol. The van der Waals surface area contributed by atoms with Gasteiger partial charge in [0.25, 0.3) is 11.8 Å². The van der Waals surface area contributed by atoms with E-state index in [0.717, 1.165) is 0 Å². The zero-order valence-electron chi connectivity index (χ0n) is 13.8. The number of benzene rings is 1. The summed E-state index contributed by atoms with van der Waals surface area (Å²) < 4.78 is 10.8. The smallest absolute Gasteiger partial charge is 0.265 e. The number of methoxy groups -OCH3 is 1. The Morgan fingerprint density at radius 3 is 2.64 bits per heavy atom. The lowest BCUT2D eigenvalue weighted by atomic mass is 10.1. The molecular formula is C18H18N2O4S. The molecule has 1 fully saturated rings. The van der Waals surface area contributed by atoms with Crippen LogP contribution in [0.15, 0.2) is 49.1 Å². The molecule has 0 bridgehead atoms. The third kappa shape index (κ3) is 4.13. The Morgan fingerprint density at radius 2 is 2.00 bits per heavy atom. The van der Waals surface area contributed by atoms with Crippen molar-refractivity contribution in [2.24, 2.45) is 0 Å². The lowest BCUT2D eigenvalue weighted by Crippen LogP contribution is -2.53. The summed E-state index contributed by atoms with van der Waals surface area (Å²) in [5, 5.41) is 2.56. The van der Waals surface area contributed by atoms with Crippen molar-refractivity contribution in [1.82, 2.24) is 10.2 Å². The van der Waals surface area contributed by atoms with Crippen molar-refractivity contribution in [3.05, 3.63) is 54.6 Å². The second-order valence-corrected chi connectivity index (χ2v) is 5.42. The molecule has 130 valence electrons. The summed E-state index contributed by atoms with van der Waals surface area (Å²) in [7, 11) is 1.51. The fraction of sp³-hybridized carbons (Fsp3) is 0.167. The Labute approximate surface area is 151 Å². The second kappa shape index (κ2) is 8.25. The third-order valence-electron chi connectivity index (χ3n) is 3.35. The minimum absolute atomic E-state index is 0.0164. The van der Waals surface area contributed by atoms with Crippen LogP contribution in [0.3, 0.4) is 0 Å². The van der Waals surface area contributed by atoms with Gasteiger partial charge in [0.1, 0.15) is 12.2 Å². The Kier molecular flexibility index (Phi) is 6.08. The molecule has 6 nitrogen and oxygen atoms in total. The van der Waals surface area contributed by atoms with Crippen LogP contribution in [-0.4, -0.2) is 42.1 Å². The number of nitrogens with zero attached hydrogens (tertiary/aromatic N) is 1. The predicted octanol–water partition coefficient (Wildman–Crippen LogP) is 2.07. The van der Waals surface area contributed by atoms with Crippen molar-refractivity contribution >= 4 is 35.2 Å². The van der Waals surface area contributed by atoms with Crippen LogP contribution in [0, 0.1) is 0 Å². The molecule has 0 aliphatic carbocycles. The SMILES string of the molecule is C=CCOc1ccc(/C=C2/C(=O)NC(=S)N(CC=C)C2=O)cc1OC. The van der Waals surface area contributed by atoms with Crippen molar-refractivity contribution < 1.29 is 19.1 Å². The molecule has 2 rings (SSSR count). The highest BCUT2D eigenvalue weighted by atomic mass is 32.1. The first-order valence-electron chi connectivity index (χ1n) is 7.43. The van der Waals surface area contributed by atoms with Gasteiger partial charge in [-0.05, 0) is 36.0 Å². The van der Waals surface area contributed by atoms with E-state index >= 15 is 0 Å². The van der Waals surface area contributed by atoms with Crippen LogP contribution in [0.5, 0.6) is 11.5 Å². The number of amides is 2. The molecule has 0 radical (unpaired) electrons. The standard InChI is InChI=1S/C18H18N2O4S/c1-4-8-20-17(22)13(16(21)19-18(20)25)10-12-6-7-14(24-9-5-2)15(11-12)23-3/h4-7,10-11H,1-2,8-9H2,3H3,(H,19,21,25)/b13-10-. The number of hydrogen-bond donors (Lipinski definition) is 1. The molecule has 0 unspecified atom stereocenters. The van der Waals surface area contributed by atoms with E-state index in [1.165, 1.54) is 24.2 Å². The van der Waals surface area contributed by atoms with Gasteiger partial charge in [0, 0.05) is 6.54 Å². The third-order valence-corrected chi connectivity index (χ3v) is 3.68. The van der Waals surface area contributed by atoms with Gasteiger partial charge in [0.05, 0.1) is 7.11 Å². The lowest BCUT2D eigenvalue weighted by Gasteiger charge is -2.27. The van der Waals surface area contributed by atoms with Gasteiger partial charge in [0.2, 0.25) is 0 Å². The molecule has 2 amide bonds. The minimum atomic E-state index is -0.540. The summed E-state index contributed by atoms with van der Waals surface area (Å²) in [5.41, 5.74) is 0.602. The first-order chi connectivity index (χ1) is 12.0. The summed E-state index contributed by atoms with van der Waals surface area (Å²) in [6.45, 7) is 7.73. The molecule has 1 N–H and O–H groups in total. The van der Waals surface area contributed by atoms with Crippen molar-refractivity contribution in [1.29, 1.82) is 0 Å². The van der Waals surface area contributed by atoms with Crippen molar-refractivity contribution in [3.63, 3.8) is 0 Å². The maximum absolute atomic E-state index is 12.5. The monoisotopic (exact) mass is 358 g/mol. The average Bonchev–Trinajstić information content (AvgIpc) is 2.60. The molecule has 0 aromatic heterocycles. The van der Waals surface area contributed by atoms with Crippen LogP contribution in [0.25, 0.3) is 6.08 Å². The largest absolute Gasteiger partial charge is 0.493 e. The highest BCUT2D eigenvalue weighted by molar-refractivity contribution is 7.80. The van der Waals surface area contributed by atoms with E-state index in [-0.39, 0.29) is 17.2 Å². The fourth-order valence-electron chi connectivity index (χ4n) is 2.20. The average molecular weight is 358 g/mol. The van der Waals surface area contributed by atoms with E-state index in [4.69, 9.17) is 21.7 Å². The molecule has 1 aromatic carbocycles. The number of carbonyl (C=O) groups excluding carboxylic acids is 2. The number of ether oxygens (including phenoxy) is 2. The zero-order valence-corrected chi connectivity index (χ0v) is 14.6. The minimum Gasteiger partial charge on any atom is -0.493 e. The highest BCUT2D eigenvalue weighted by Gasteiger charge is 2.32. The van der Waals surface area contributed by atoms with Gasteiger partial charge in [0.15, 0.2) is 16.6 Å². The van der Waals surface area contributed by atoms with Crippen LogP contribution in [0.4, 0.5) is 0 Å². The van der Waals surface area contributed by atoms with E-state index in [9.17, 15) is 9.59 Å². The van der Waals surface area contributed by atoms with Gasteiger partial charge >= 0.3 is 0 Å². The molecule has 0 atom stereocenters. The maximum atomic E-state index is 12.5. The Balaban J connectivity index is 2.35. The van der Waals surface area contributed by atoms with Gasteiger partial charge in [-0.25, -0.2) is 0 Å². The van der Waals surface area contributed by atoms with Gasteiger partial charge < -0.3 is 9.47 Å². The summed E-state index contributed by atoms with van der Waals surface area (Å²) in [6, 6.07) is 5.10. The van der Waals surface area contributed by atoms with E-state index in [1.807, 2.05) is 0 Å². The molecular weight excluding hydrogens is 340 g/mol. The summed E-state index contributed by atoms with van der Waals surface area (Å²) >= 11 is 5.02.